The topological polar surface area (TPSA) is 402 Å². The molecule has 3 aliphatic rings. The first-order chi connectivity index (χ1) is 32.5. The van der Waals surface area contributed by atoms with Crippen LogP contribution in [-0.2, 0) is 39.9 Å². The number of hydrazone groups is 1. The monoisotopic (exact) mass is 999 g/mol. The summed E-state index contributed by atoms with van der Waals surface area (Å²) in [4.78, 5) is 47.6. The molecule has 0 unspecified atom stereocenters. The smallest absolute Gasteiger partial charge is 0.339 e. The molecule has 7 rings (SSSR count). The highest BCUT2D eigenvalue weighted by atomic mass is 32.2. The van der Waals surface area contributed by atoms with Crippen molar-refractivity contribution in [2.75, 3.05) is 21.6 Å². The Labute approximate surface area is 387 Å². The molecule has 0 radical (unpaired) electrons. The summed E-state index contributed by atoms with van der Waals surface area (Å²) in [6.07, 6.45) is 7.36. The van der Waals surface area contributed by atoms with Crippen molar-refractivity contribution in [1.29, 1.82) is 0 Å². The largest absolute Gasteiger partial charge is 0.507 e. The number of aromatic carboxylic acids is 1. The van der Waals surface area contributed by atoms with E-state index in [-0.39, 0.29) is 34.2 Å². The van der Waals surface area contributed by atoms with E-state index in [1.54, 1.807) is 0 Å². The molecule has 4 aromatic rings. The summed E-state index contributed by atoms with van der Waals surface area (Å²) in [6, 6.07) is 14.6. The van der Waals surface area contributed by atoms with E-state index in [9.17, 15) is 73.4 Å². The van der Waals surface area contributed by atoms with Gasteiger partial charge in [-0.05, 0) is 96.6 Å². The molecule has 0 saturated carbocycles. The Kier molecular flexibility index (Phi) is 13.1. The van der Waals surface area contributed by atoms with Crippen molar-refractivity contribution in [1.82, 2.24) is 0 Å². The van der Waals surface area contributed by atoms with Crippen LogP contribution >= 0.6 is 0 Å². The molecule has 0 amide bonds. The van der Waals surface area contributed by atoms with Gasteiger partial charge in [0, 0.05) is 17.8 Å². The van der Waals surface area contributed by atoms with Crippen LogP contribution in [0.15, 0.2) is 161 Å². The molecule has 3 aliphatic carbocycles. The number of rotatable bonds is 14. The minimum Gasteiger partial charge on any atom is -0.507 e. The number of allylic oxidation sites excluding steroid dienone is 7. The molecule has 0 aliphatic heterocycles. The molecule has 0 fully saturated rings. The van der Waals surface area contributed by atoms with Gasteiger partial charge in [-0.1, -0.05) is 12.2 Å². The van der Waals surface area contributed by atoms with E-state index in [1.807, 2.05) is 0 Å². The van der Waals surface area contributed by atoms with Crippen LogP contribution in [0.2, 0.25) is 0 Å². The van der Waals surface area contributed by atoms with Crippen LogP contribution in [0, 0.1) is 0 Å². The maximum absolute atomic E-state index is 13.9. The molecule has 0 saturated heterocycles. The molecule has 10 N–H and O–H groups in total. The normalized spacial score (nSPS) is 16.9. The van der Waals surface area contributed by atoms with E-state index in [0.29, 0.717) is 30.0 Å². The van der Waals surface area contributed by atoms with Gasteiger partial charge in [-0.25, -0.2) is 4.79 Å². The number of Topliss-reactive ketones (excluding diaryl/α,β-unsaturated/α-hetero) is 1. The average Bonchev–Trinajstić information content (AvgIpc) is 3.27. The van der Waals surface area contributed by atoms with Crippen LogP contribution < -0.4 is 21.6 Å². The third-order valence-electron chi connectivity index (χ3n) is 9.41. The van der Waals surface area contributed by atoms with Crippen molar-refractivity contribution in [3.05, 3.63) is 142 Å². The fraction of sp³-hybridized carbons (Fsp3) is 0. The molecule has 4 aromatic carbocycles. The number of carbonyl (C=O) groups excluding carboxylic acids is 3. The highest BCUT2D eigenvalue weighted by Crippen LogP contribution is 2.36. The maximum atomic E-state index is 13.9. The van der Waals surface area contributed by atoms with Crippen molar-refractivity contribution < 1.29 is 73.4 Å². The Hall–Kier alpha value is -8.80. The van der Waals surface area contributed by atoms with Gasteiger partial charge in [0.25, 0.3) is 30.4 Å². The Morgan fingerprint density at radius 1 is 0.623 bits per heavy atom. The van der Waals surface area contributed by atoms with Crippen LogP contribution in [0.3, 0.4) is 0 Å². The zero-order chi connectivity index (χ0) is 50.0. The lowest BCUT2D eigenvalue weighted by Crippen LogP contribution is -2.26. The van der Waals surface area contributed by atoms with E-state index in [2.05, 4.69) is 47.1 Å². The average molecular weight is 1000 g/mol. The number of hydrazine groups is 1. The minimum absolute atomic E-state index is 0.0620. The lowest BCUT2D eigenvalue weighted by atomic mass is 9.93. The first-order valence-corrected chi connectivity index (χ1v) is 23.2. The number of aromatic hydroxyl groups is 1. The molecule has 28 heteroatoms. The third kappa shape index (κ3) is 11.1. The van der Waals surface area contributed by atoms with Crippen molar-refractivity contribution in [2.45, 2.75) is 9.79 Å². The number of carbonyl (C=O) groups is 4. The van der Waals surface area contributed by atoms with Crippen LogP contribution in [0.25, 0.3) is 6.08 Å². The number of nitrogens with zero attached hydrogens (tertiary/aromatic N) is 5. The van der Waals surface area contributed by atoms with Crippen LogP contribution in [0.5, 0.6) is 5.75 Å². The summed E-state index contributed by atoms with van der Waals surface area (Å²) in [5, 5.41) is 51.4. The Balaban J connectivity index is 1.12. The molecule has 0 heterocycles. The van der Waals surface area contributed by atoms with Crippen LogP contribution in [0.4, 0.5) is 34.1 Å². The van der Waals surface area contributed by atoms with Gasteiger partial charge in [0.15, 0.2) is 5.71 Å². The first kappa shape index (κ1) is 48.1. The number of ketones is 3. The van der Waals surface area contributed by atoms with Crippen LogP contribution in [-0.4, -0.2) is 94.7 Å². The SMILES string of the molecule is O=C1C=C(O)C(N=Nc2cc(S(=O)(=O)O)cc3c2C(=O)/C(=N\N=C2/C=CC=CC2=O)C(S(=O)(=O)O)=C3)=C/C1=N/Nc1ccc(Nc2ccc(NNc3ccc(O)c(C(=O)O)c3)cc2S(=O)(=O)O)cc1. The van der Waals surface area contributed by atoms with Gasteiger partial charge in [0.05, 0.1) is 38.9 Å². The maximum Gasteiger partial charge on any atom is 0.339 e. The number of fused-ring (bicyclic) bond motifs is 1. The quantitative estimate of drug-likeness (QED) is 0.0257. The zero-order valence-electron chi connectivity index (χ0n) is 34.2. The highest BCUT2D eigenvalue weighted by Gasteiger charge is 2.36. The van der Waals surface area contributed by atoms with Crippen LogP contribution in [0.1, 0.15) is 26.3 Å². The summed E-state index contributed by atoms with van der Waals surface area (Å²) in [5.74, 6) is -5.45. The van der Waals surface area contributed by atoms with Gasteiger partial charge in [-0.2, -0.15) is 30.4 Å². The second-order valence-electron chi connectivity index (χ2n) is 14.1. The van der Waals surface area contributed by atoms with E-state index in [0.717, 1.165) is 30.4 Å². The van der Waals surface area contributed by atoms with E-state index in [1.165, 1.54) is 60.7 Å². The number of hydrogen-bond acceptors (Lipinski definition) is 21. The summed E-state index contributed by atoms with van der Waals surface area (Å²) < 4.78 is 104. The van der Waals surface area contributed by atoms with Gasteiger partial charge in [-0.3, -0.25) is 33.5 Å². The molecule has 0 bridgehead atoms. The molecule has 69 heavy (non-hydrogen) atoms. The number of anilines is 5. The van der Waals surface area contributed by atoms with Gasteiger partial charge in [0.1, 0.15) is 44.0 Å². The molecule has 25 nitrogen and oxygen atoms in total. The zero-order valence-corrected chi connectivity index (χ0v) is 36.6. The first-order valence-electron chi connectivity index (χ1n) is 18.9. The van der Waals surface area contributed by atoms with Gasteiger partial charge < -0.3 is 31.5 Å². The molecular weight excluding hydrogens is 971 g/mol. The molecule has 0 aromatic heterocycles. The summed E-state index contributed by atoms with van der Waals surface area (Å²) >= 11 is 0. The molecule has 0 spiro atoms. The number of aliphatic hydroxyl groups is 1. The number of carboxylic acids is 1. The second kappa shape index (κ2) is 18.8. The number of azo groups is 1. The predicted molar refractivity (Wildman–Crippen MR) is 246 cm³/mol. The number of carboxylic acid groups (broad SMARTS) is 1. The predicted octanol–water partition coefficient (Wildman–Crippen LogP) is 5.14. The van der Waals surface area contributed by atoms with Crippen molar-refractivity contribution in [3.63, 3.8) is 0 Å². The summed E-state index contributed by atoms with van der Waals surface area (Å²) in [7, 11) is -15.2. The number of aliphatic hydroxyl groups excluding tert-OH is 1. The number of nitrogens with one attached hydrogen (secondary N) is 4. The Bertz CT molecular complexity index is 3580. The molecule has 352 valence electrons. The second-order valence-corrected chi connectivity index (χ2v) is 18.3. The third-order valence-corrected chi connectivity index (χ3v) is 12.0. The number of hydrogen-bond donors (Lipinski definition) is 10. The van der Waals surface area contributed by atoms with Crippen molar-refractivity contribution in [2.24, 2.45) is 25.5 Å². The van der Waals surface area contributed by atoms with Gasteiger partial charge in [0.2, 0.25) is 17.3 Å². The Morgan fingerprint density at radius 2 is 1.28 bits per heavy atom. The van der Waals surface area contributed by atoms with Crippen molar-refractivity contribution >= 4 is 111 Å². The fourth-order valence-electron chi connectivity index (χ4n) is 6.16. The molecule has 0 atom stereocenters. The lowest BCUT2D eigenvalue weighted by molar-refractivity contribution is -0.109. The highest BCUT2D eigenvalue weighted by molar-refractivity contribution is 7.91. The van der Waals surface area contributed by atoms with Gasteiger partial charge >= 0.3 is 5.97 Å². The van der Waals surface area contributed by atoms with Gasteiger partial charge in [-0.15, -0.1) is 20.4 Å². The number of phenols is 1. The summed E-state index contributed by atoms with van der Waals surface area (Å²) in [5.41, 5.74) is 4.43. The van der Waals surface area contributed by atoms with E-state index in [4.69, 9.17) is 0 Å². The van der Waals surface area contributed by atoms with E-state index < -0.39 is 114 Å². The fourth-order valence-corrected chi connectivity index (χ4v) is 8.03. The standard InChI is InChI=1S/C41H29N9O16S3/c51-32-12-10-23(15-26(32)41(56)57)44-45-24-9-11-28(36(16-24)68(61,62)63)42-21-5-7-22(8-6-21)43-47-29-18-30(35(54)19-34(29)53)48-49-31-17-25(67(58,59)60)13-20-14-37(69(64,65)66)39(40(55)38(20)31)50-46-27-3-1-2-4-33(27)52/h1-19,42-45,51,54H,(H,56,57)(H,58,59,60)(H,61,62,63)(H,64,65,66)/b46-27+,47-29-,49-48?,50-39-. The molecular formula is C41H29N9O16S3. The lowest BCUT2D eigenvalue weighted by Gasteiger charge is -2.17. The van der Waals surface area contributed by atoms with Crippen molar-refractivity contribution in [3.8, 4) is 5.75 Å². The number of benzene rings is 4. The summed E-state index contributed by atoms with van der Waals surface area (Å²) in [6.45, 7) is 0. The minimum atomic E-state index is -5.28. The van der Waals surface area contributed by atoms with E-state index >= 15 is 0 Å². The Morgan fingerprint density at radius 3 is 1.93 bits per heavy atom.